The van der Waals surface area contributed by atoms with E-state index in [0.29, 0.717) is 18.7 Å². The number of hydrogen-bond acceptors (Lipinski definition) is 8. The normalized spacial score (nSPS) is 11.1. The van der Waals surface area contributed by atoms with Gasteiger partial charge in [-0.2, -0.15) is 14.9 Å². The number of aryl methyl sites for hydroxylation is 1. The molecule has 0 aliphatic carbocycles. The van der Waals surface area contributed by atoms with Gasteiger partial charge >= 0.3 is 17.5 Å². The van der Waals surface area contributed by atoms with Gasteiger partial charge in [-0.25, -0.2) is 9.48 Å². The van der Waals surface area contributed by atoms with E-state index in [2.05, 4.69) is 10.2 Å². The number of hydrogen-bond donors (Lipinski definition) is 0. The number of nitro groups is 1. The van der Waals surface area contributed by atoms with E-state index in [1.54, 1.807) is 6.92 Å². The van der Waals surface area contributed by atoms with Crippen molar-refractivity contribution in [2.75, 3.05) is 6.61 Å². The molecule has 0 amide bonds. The van der Waals surface area contributed by atoms with Gasteiger partial charge in [0.2, 0.25) is 0 Å². The van der Waals surface area contributed by atoms with E-state index in [1.807, 2.05) is 6.92 Å². The maximum absolute atomic E-state index is 12.3. The number of ether oxygens (including phenoxy) is 1. The first-order valence-corrected chi connectivity index (χ1v) is 7.59. The number of nitrogens with zero attached hydrogens (tertiary/aromatic N) is 5. The van der Waals surface area contributed by atoms with Crippen molar-refractivity contribution >= 4 is 18.1 Å². The van der Waals surface area contributed by atoms with E-state index in [9.17, 15) is 19.7 Å². The molecule has 2 aromatic rings. The molecule has 0 unspecified atom stereocenters. The highest BCUT2D eigenvalue weighted by Crippen LogP contribution is 2.13. The fourth-order valence-electron chi connectivity index (χ4n) is 1.89. The molecule has 25 heavy (non-hydrogen) atoms. The highest BCUT2D eigenvalue weighted by molar-refractivity contribution is 5.76. The molecule has 0 fully saturated rings. The fourth-order valence-corrected chi connectivity index (χ4v) is 1.89. The third-order valence-corrected chi connectivity index (χ3v) is 3.04. The van der Waals surface area contributed by atoms with Crippen LogP contribution in [0.4, 0.5) is 5.88 Å². The van der Waals surface area contributed by atoms with E-state index >= 15 is 0 Å². The zero-order chi connectivity index (χ0) is 18.4. The second kappa shape index (κ2) is 8.04. The van der Waals surface area contributed by atoms with Crippen LogP contribution < -0.4 is 5.69 Å². The predicted octanol–water partition coefficient (Wildman–Crippen LogP) is 0.944. The van der Waals surface area contributed by atoms with Gasteiger partial charge in [-0.3, -0.25) is 14.9 Å². The van der Waals surface area contributed by atoms with Crippen molar-refractivity contribution in [1.82, 2.24) is 14.5 Å². The zero-order valence-corrected chi connectivity index (χ0v) is 13.7. The third-order valence-electron chi connectivity index (χ3n) is 3.04. The quantitative estimate of drug-likeness (QED) is 0.299. The summed E-state index contributed by atoms with van der Waals surface area (Å²) >= 11 is 0. The molecule has 11 nitrogen and oxygen atoms in total. The Kier molecular flexibility index (Phi) is 5.82. The van der Waals surface area contributed by atoms with Crippen molar-refractivity contribution in [1.29, 1.82) is 0 Å². The smallest absolute Gasteiger partial charge is 0.433 e. The maximum Gasteiger partial charge on any atom is 0.433 e. The van der Waals surface area contributed by atoms with E-state index in [0.717, 1.165) is 15.6 Å². The Bertz CT molecular complexity index is 846. The molecular formula is C14H17N5O6. The Balaban J connectivity index is 2.22. The lowest BCUT2D eigenvalue weighted by atomic mass is 10.5. The van der Waals surface area contributed by atoms with Gasteiger partial charge in [-0.1, -0.05) is 13.8 Å². The second-order valence-electron chi connectivity index (χ2n) is 4.92. The minimum atomic E-state index is -0.680. The molecule has 0 saturated carbocycles. The SMILES string of the molecule is CCCOC(=O)Cn1nc(CC)n(/N=C/c2ccc([N+](=O)[O-])o2)c1=O. The van der Waals surface area contributed by atoms with Gasteiger partial charge < -0.3 is 9.15 Å². The van der Waals surface area contributed by atoms with Crippen LogP contribution in [0.5, 0.6) is 0 Å². The van der Waals surface area contributed by atoms with Gasteiger partial charge in [0.25, 0.3) is 0 Å². The summed E-state index contributed by atoms with van der Waals surface area (Å²) in [6, 6.07) is 2.53. The highest BCUT2D eigenvalue weighted by Gasteiger charge is 2.15. The molecule has 0 atom stereocenters. The van der Waals surface area contributed by atoms with Gasteiger partial charge in [-0.15, -0.1) is 0 Å². The Labute approximate surface area is 141 Å². The van der Waals surface area contributed by atoms with Crippen LogP contribution in [0.2, 0.25) is 0 Å². The molecule has 0 aliphatic rings. The van der Waals surface area contributed by atoms with E-state index in [-0.39, 0.29) is 18.9 Å². The molecule has 0 saturated heterocycles. The maximum atomic E-state index is 12.3. The molecule has 0 radical (unpaired) electrons. The summed E-state index contributed by atoms with van der Waals surface area (Å²) in [4.78, 5) is 33.8. The molecule has 11 heteroatoms. The molecule has 2 heterocycles. The molecule has 2 rings (SSSR count). The molecule has 0 aliphatic heterocycles. The summed E-state index contributed by atoms with van der Waals surface area (Å²) in [7, 11) is 0. The van der Waals surface area contributed by atoms with Crippen LogP contribution in [0.15, 0.2) is 26.4 Å². The molecule has 0 spiro atoms. The first-order chi connectivity index (χ1) is 12.0. The van der Waals surface area contributed by atoms with Crippen molar-refractivity contribution < 1.29 is 18.9 Å². The topological polar surface area (TPSA) is 135 Å². The number of furan rings is 1. The summed E-state index contributed by atoms with van der Waals surface area (Å²) < 4.78 is 11.8. The van der Waals surface area contributed by atoms with Crippen LogP contribution in [0.25, 0.3) is 0 Å². The zero-order valence-electron chi connectivity index (χ0n) is 13.7. The van der Waals surface area contributed by atoms with E-state index < -0.39 is 22.5 Å². The van der Waals surface area contributed by atoms with Gasteiger partial charge in [0, 0.05) is 6.42 Å². The van der Waals surface area contributed by atoms with Crippen molar-refractivity contribution in [2.45, 2.75) is 33.2 Å². The average molecular weight is 351 g/mol. The van der Waals surface area contributed by atoms with Crippen LogP contribution in [0.1, 0.15) is 31.9 Å². The standard InChI is InChI=1S/C14H17N5O6/c1-3-7-24-13(20)9-17-14(21)18(11(4-2)16-17)15-8-10-5-6-12(25-10)19(22)23/h5-6,8H,3-4,7,9H2,1-2H3/b15-8+. The summed E-state index contributed by atoms with van der Waals surface area (Å²) in [5.41, 5.74) is -0.623. The average Bonchev–Trinajstić information content (AvgIpc) is 3.17. The molecule has 0 bridgehead atoms. The van der Waals surface area contributed by atoms with Crippen LogP contribution in [-0.4, -0.2) is 38.2 Å². The minimum absolute atomic E-state index is 0.107. The Morgan fingerprint density at radius 2 is 2.24 bits per heavy atom. The predicted molar refractivity (Wildman–Crippen MR) is 85.5 cm³/mol. The van der Waals surface area contributed by atoms with Crippen molar-refractivity contribution in [3.63, 3.8) is 0 Å². The number of aromatic nitrogens is 3. The molecule has 2 aromatic heterocycles. The van der Waals surface area contributed by atoms with Crippen molar-refractivity contribution in [3.8, 4) is 0 Å². The summed E-state index contributed by atoms with van der Waals surface area (Å²) in [6.45, 7) is 3.58. The molecule has 0 N–H and O–H groups in total. The fraction of sp³-hybridized carbons (Fsp3) is 0.429. The van der Waals surface area contributed by atoms with Crippen LogP contribution in [0.3, 0.4) is 0 Å². The number of carbonyl (C=O) groups is 1. The number of esters is 1. The van der Waals surface area contributed by atoms with Gasteiger partial charge in [0.1, 0.15) is 11.5 Å². The Hall–Kier alpha value is -3.24. The van der Waals surface area contributed by atoms with E-state index in [1.165, 1.54) is 12.1 Å². The molecular weight excluding hydrogens is 334 g/mol. The van der Waals surface area contributed by atoms with E-state index in [4.69, 9.17) is 9.15 Å². The lowest BCUT2D eigenvalue weighted by Crippen LogP contribution is -2.27. The van der Waals surface area contributed by atoms with Crippen molar-refractivity contribution in [2.24, 2.45) is 5.10 Å². The monoisotopic (exact) mass is 351 g/mol. The Morgan fingerprint density at radius 1 is 1.48 bits per heavy atom. The molecule has 0 aromatic carbocycles. The first-order valence-electron chi connectivity index (χ1n) is 7.59. The number of carbonyl (C=O) groups excluding carboxylic acids is 1. The second-order valence-corrected chi connectivity index (χ2v) is 4.92. The summed E-state index contributed by atoms with van der Waals surface area (Å²) in [5, 5.41) is 18.6. The minimum Gasteiger partial charge on any atom is -0.464 e. The van der Waals surface area contributed by atoms with Crippen LogP contribution >= 0.6 is 0 Å². The summed E-state index contributed by atoms with van der Waals surface area (Å²) in [5.74, 6) is -0.567. The van der Waals surface area contributed by atoms with Crippen LogP contribution in [-0.2, 0) is 22.5 Å². The number of rotatable bonds is 8. The van der Waals surface area contributed by atoms with Gasteiger partial charge in [-0.05, 0) is 12.5 Å². The summed E-state index contributed by atoms with van der Waals surface area (Å²) in [6.07, 6.45) is 2.23. The molecule has 134 valence electrons. The largest absolute Gasteiger partial charge is 0.464 e. The first kappa shape index (κ1) is 18.1. The van der Waals surface area contributed by atoms with Crippen LogP contribution in [0, 0.1) is 10.1 Å². The highest BCUT2D eigenvalue weighted by atomic mass is 16.6. The van der Waals surface area contributed by atoms with Crippen molar-refractivity contribution in [3.05, 3.63) is 44.3 Å². The van der Waals surface area contributed by atoms with Gasteiger partial charge in [0.05, 0.1) is 18.9 Å². The lowest BCUT2D eigenvalue weighted by Gasteiger charge is -2.01. The van der Waals surface area contributed by atoms with Gasteiger partial charge in [0.15, 0.2) is 11.6 Å². The lowest BCUT2D eigenvalue weighted by molar-refractivity contribution is -0.402. The Morgan fingerprint density at radius 3 is 2.84 bits per heavy atom. The third kappa shape index (κ3) is 4.40.